The number of nitrogens with two attached hydrogens (primary N) is 1. The number of nitrogens with zero attached hydrogens (tertiary/aromatic N) is 1. The molecule has 0 aromatic heterocycles. The summed E-state index contributed by atoms with van der Waals surface area (Å²) in [5, 5.41) is 2.90. The maximum Gasteiger partial charge on any atom is 0.225 e. The minimum atomic E-state index is -0.0457. The van der Waals surface area contributed by atoms with Crippen LogP contribution in [0.2, 0.25) is 0 Å². The van der Waals surface area contributed by atoms with Crippen LogP contribution < -0.4 is 25.3 Å². The third-order valence-corrected chi connectivity index (χ3v) is 4.73. The zero-order chi connectivity index (χ0) is 18.4. The Morgan fingerprint density at radius 1 is 1.23 bits per heavy atom. The van der Waals surface area contributed by atoms with Gasteiger partial charge in [-0.05, 0) is 24.9 Å². The summed E-state index contributed by atoms with van der Waals surface area (Å²) in [7, 11) is 4.64. The lowest BCUT2D eigenvalue weighted by atomic mass is 9.90. The first-order valence-corrected chi connectivity index (χ1v) is 8.47. The Morgan fingerprint density at radius 3 is 2.31 bits per heavy atom. The van der Waals surface area contributed by atoms with Gasteiger partial charge in [-0.3, -0.25) is 4.79 Å². The highest BCUT2D eigenvalue weighted by molar-refractivity contribution is 5.91. The number of carbonyl (C=O) groups excluding carboxylic acids is 1. The number of carbonyl (C=O) groups is 1. The number of hydrogen-bond acceptors (Lipinski definition) is 6. The molecule has 0 saturated carbocycles. The molecule has 0 aliphatic carbocycles. The molecule has 0 radical (unpaired) electrons. The molecular formula is C18H30ClN3O4. The molecule has 8 heteroatoms. The highest BCUT2D eigenvalue weighted by Crippen LogP contribution is 2.40. The fraction of sp³-hybridized carbons (Fsp3) is 0.611. The largest absolute Gasteiger partial charge is 0.493 e. The van der Waals surface area contributed by atoms with Gasteiger partial charge in [0.15, 0.2) is 11.5 Å². The fourth-order valence-electron chi connectivity index (χ4n) is 3.12. The smallest absolute Gasteiger partial charge is 0.225 e. The highest BCUT2D eigenvalue weighted by Gasteiger charge is 2.32. The summed E-state index contributed by atoms with van der Waals surface area (Å²) in [6, 6.07) is 3.45. The minimum Gasteiger partial charge on any atom is -0.493 e. The summed E-state index contributed by atoms with van der Waals surface area (Å²) >= 11 is 0. The van der Waals surface area contributed by atoms with Crippen molar-refractivity contribution in [3.63, 3.8) is 0 Å². The van der Waals surface area contributed by atoms with Crippen molar-refractivity contribution in [2.45, 2.75) is 19.8 Å². The second-order valence-corrected chi connectivity index (χ2v) is 6.75. The van der Waals surface area contributed by atoms with Crippen LogP contribution in [0.4, 0.5) is 5.69 Å². The summed E-state index contributed by atoms with van der Waals surface area (Å²) in [5.41, 5.74) is 6.62. The maximum absolute atomic E-state index is 12.3. The van der Waals surface area contributed by atoms with Gasteiger partial charge in [0, 0.05) is 37.3 Å². The van der Waals surface area contributed by atoms with E-state index in [1.54, 1.807) is 33.5 Å². The van der Waals surface area contributed by atoms with E-state index in [-0.39, 0.29) is 23.7 Å². The molecule has 1 fully saturated rings. The van der Waals surface area contributed by atoms with Crippen LogP contribution in [0.5, 0.6) is 17.2 Å². The van der Waals surface area contributed by atoms with Gasteiger partial charge in [0.1, 0.15) is 0 Å². The molecule has 2 rings (SSSR count). The summed E-state index contributed by atoms with van der Waals surface area (Å²) < 4.78 is 15.9. The highest BCUT2D eigenvalue weighted by atomic mass is 35.5. The van der Waals surface area contributed by atoms with Crippen LogP contribution in [-0.4, -0.2) is 58.3 Å². The predicted molar refractivity (Wildman–Crippen MR) is 105 cm³/mol. The molecule has 1 aliphatic heterocycles. The Bertz CT molecular complexity index is 589. The van der Waals surface area contributed by atoms with Gasteiger partial charge < -0.3 is 30.2 Å². The van der Waals surface area contributed by atoms with E-state index in [1.165, 1.54) is 0 Å². The van der Waals surface area contributed by atoms with Crippen molar-refractivity contribution in [1.29, 1.82) is 0 Å². The summed E-state index contributed by atoms with van der Waals surface area (Å²) in [4.78, 5) is 14.6. The quantitative estimate of drug-likeness (QED) is 0.710. The van der Waals surface area contributed by atoms with E-state index in [1.807, 2.05) is 0 Å². The van der Waals surface area contributed by atoms with Crippen molar-refractivity contribution in [1.82, 2.24) is 4.90 Å². The number of hydrogen-bond donors (Lipinski definition) is 2. The number of amides is 1. The van der Waals surface area contributed by atoms with Gasteiger partial charge in [0.25, 0.3) is 0 Å². The van der Waals surface area contributed by atoms with Crippen LogP contribution in [0.25, 0.3) is 0 Å². The van der Waals surface area contributed by atoms with Crippen molar-refractivity contribution in [3.8, 4) is 17.2 Å². The number of benzene rings is 1. The van der Waals surface area contributed by atoms with Gasteiger partial charge in [0.05, 0.1) is 21.3 Å². The van der Waals surface area contributed by atoms with E-state index in [2.05, 4.69) is 17.1 Å². The zero-order valence-corrected chi connectivity index (χ0v) is 16.8. The van der Waals surface area contributed by atoms with Crippen molar-refractivity contribution in [2.75, 3.05) is 52.8 Å². The Balaban J connectivity index is 0.00000338. The van der Waals surface area contributed by atoms with Crippen LogP contribution >= 0.6 is 12.4 Å². The monoisotopic (exact) mass is 387 g/mol. The fourth-order valence-corrected chi connectivity index (χ4v) is 3.12. The van der Waals surface area contributed by atoms with Crippen LogP contribution in [0, 0.1) is 5.41 Å². The van der Waals surface area contributed by atoms with Gasteiger partial charge >= 0.3 is 0 Å². The summed E-state index contributed by atoms with van der Waals surface area (Å²) in [6.07, 6.45) is 1.51. The summed E-state index contributed by atoms with van der Waals surface area (Å²) in [6.45, 7) is 5.54. The maximum atomic E-state index is 12.3. The molecule has 1 aliphatic rings. The first kappa shape index (κ1) is 22.3. The van der Waals surface area contributed by atoms with Crippen molar-refractivity contribution >= 4 is 24.0 Å². The first-order valence-electron chi connectivity index (χ1n) is 8.47. The molecule has 26 heavy (non-hydrogen) atoms. The Morgan fingerprint density at radius 2 is 1.85 bits per heavy atom. The van der Waals surface area contributed by atoms with E-state index >= 15 is 0 Å². The molecular weight excluding hydrogens is 358 g/mol. The lowest BCUT2D eigenvalue weighted by molar-refractivity contribution is -0.116. The van der Waals surface area contributed by atoms with E-state index in [4.69, 9.17) is 19.9 Å². The number of likely N-dealkylation sites (tertiary alicyclic amines) is 1. The van der Waals surface area contributed by atoms with E-state index in [9.17, 15) is 4.79 Å². The molecule has 1 amide bonds. The zero-order valence-electron chi connectivity index (χ0n) is 16.0. The van der Waals surface area contributed by atoms with Crippen molar-refractivity contribution in [3.05, 3.63) is 12.1 Å². The minimum absolute atomic E-state index is 0. The van der Waals surface area contributed by atoms with Gasteiger partial charge in [-0.2, -0.15) is 0 Å². The molecule has 148 valence electrons. The lowest BCUT2D eigenvalue weighted by Crippen LogP contribution is -2.32. The van der Waals surface area contributed by atoms with E-state index in [0.717, 1.165) is 26.1 Å². The van der Waals surface area contributed by atoms with Gasteiger partial charge in [-0.25, -0.2) is 0 Å². The molecule has 1 unspecified atom stereocenters. The average molecular weight is 388 g/mol. The second-order valence-electron chi connectivity index (χ2n) is 6.75. The number of nitrogens with one attached hydrogen (secondary N) is 1. The molecule has 3 N–H and O–H groups in total. The standard InChI is InChI=1S/C18H29N3O4.ClH/c1-18(11-19)6-8-21(12-18)7-5-16(22)20-13-9-14(23-2)17(25-4)15(10-13)24-3;/h9-10H,5-8,11-12,19H2,1-4H3,(H,20,22);1H. The van der Waals surface area contributed by atoms with E-state index < -0.39 is 0 Å². The number of anilines is 1. The predicted octanol–water partition coefficient (Wildman–Crippen LogP) is 2.13. The molecule has 1 aromatic rings. The molecule has 1 aromatic carbocycles. The number of methoxy groups -OCH3 is 3. The third-order valence-electron chi connectivity index (χ3n) is 4.73. The first-order chi connectivity index (χ1) is 11.9. The summed E-state index contributed by atoms with van der Waals surface area (Å²) in [5.74, 6) is 1.47. The lowest BCUT2D eigenvalue weighted by Gasteiger charge is -2.22. The van der Waals surface area contributed by atoms with Crippen molar-refractivity contribution < 1.29 is 19.0 Å². The number of rotatable bonds is 8. The molecule has 1 atom stereocenters. The molecule has 0 bridgehead atoms. The Kier molecular flexibility index (Phi) is 8.46. The molecule has 7 nitrogen and oxygen atoms in total. The van der Waals surface area contributed by atoms with Gasteiger partial charge in [-0.1, -0.05) is 6.92 Å². The molecule has 1 heterocycles. The average Bonchev–Trinajstić information content (AvgIpc) is 3.01. The topological polar surface area (TPSA) is 86.1 Å². The Hall–Kier alpha value is -1.70. The van der Waals surface area contributed by atoms with Gasteiger partial charge in [-0.15, -0.1) is 12.4 Å². The van der Waals surface area contributed by atoms with E-state index in [0.29, 0.717) is 35.9 Å². The number of ether oxygens (including phenoxy) is 3. The van der Waals surface area contributed by atoms with Crippen LogP contribution in [0.1, 0.15) is 19.8 Å². The van der Waals surface area contributed by atoms with Crippen LogP contribution in [0.15, 0.2) is 12.1 Å². The van der Waals surface area contributed by atoms with Crippen molar-refractivity contribution in [2.24, 2.45) is 11.1 Å². The normalized spacial score (nSPS) is 19.6. The van der Waals surface area contributed by atoms with Gasteiger partial charge in [0.2, 0.25) is 11.7 Å². The molecule has 0 spiro atoms. The van der Waals surface area contributed by atoms with Crippen LogP contribution in [0.3, 0.4) is 0 Å². The van der Waals surface area contributed by atoms with Crippen LogP contribution in [-0.2, 0) is 4.79 Å². The third kappa shape index (κ3) is 5.40. The number of halogens is 1. The molecule has 1 saturated heterocycles. The Labute approximate surface area is 161 Å². The SMILES string of the molecule is COc1cc(NC(=O)CCN2CCC(C)(CN)C2)cc(OC)c1OC.Cl. The second kappa shape index (κ2) is 9.85.